The second-order valence-electron chi connectivity index (χ2n) is 9.11. The summed E-state index contributed by atoms with van der Waals surface area (Å²) < 4.78 is 14.1. The van der Waals surface area contributed by atoms with Crippen LogP contribution in [0.25, 0.3) is 10.9 Å². The van der Waals surface area contributed by atoms with Crippen LogP contribution < -0.4 is 10.1 Å². The Morgan fingerprint density at radius 3 is 2.87 bits per heavy atom. The average molecular weight is 419 g/mol. The zero-order chi connectivity index (χ0) is 20.8. The Hall–Kier alpha value is -2.57. The van der Waals surface area contributed by atoms with Crippen LogP contribution in [0.1, 0.15) is 43.3 Å². The number of likely N-dealkylation sites (tertiary alicyclic amines) is 1. The largest absolute Gasteiger partial charge is 0.491 e. The number of aromatic nitrogens is 2. The number of hydrogen-bond donors (Lipinski definition) is 1. The number of anilines is 1. The SMILES string of the molecule is COC1CCCN(C2COc3ccccc3C2Nc2cccc3nn(C4CC4)cc23)C1. The molecule has 1 saturated carbocycles. The maximum absolute atomic E-state index is 6.22. The Bertz CT molecular complexity index is 1080. The molecule has 0 bridgehead atoms. The lowest BCUT2D eigenvalue weighted by Gasteiger charge is -2.44. The molecular weight excluding hydrogens is 388 g/mol. The number of para-hydroxylation sites is 1. The number of piperidine rings is 1. The molecule has 2 fully saturated rings. The summed E-state index contributed by atoms with van der Waals surface area (Å²) in [6.45, 7) is 2.72. The first kappa shape index (κ1) is 19.1. The van der Waals surface area contributed by atoms with Gasteiger partial charge in [-0.05, 0) is 50.4 Å². The molecule has 1 N–H and O–H groups in total. The van der Waals surface area contributed by atoms with Gasteiger partial charge in [0.05, 0.1) is 29.7 Å². The lowest BCUT2D eigenvalue weighted by molar-refractivity contribution is -0.00265. The third-order valence-corrected chi connectivity index (χ3v) is 7.06. The minimum Gasteiger partial charge on any atom is -0.491 e. The summed E-state index contributed by atoms with van der Waals surface area (Å²) in [4.78, 5) is 2.55. The monoisotopic (exact) mass is 418 g/mol. The molecule has 6 nitrogen and oxygen atoms in total. The summed E-state index contributed by atoms with van der Waals surface area (Å²) in [5.74, 6) is 0.984. The predicted molar refractivity (Wildman–Crippen MR) is 122 cm³/mol. The van der Waals surface area contributed by atoms with E-state index >= 15 is 0 Å². The third kappa shape index (κ3) is 3.58. The number of ether oxygens (including phenoxy) is 2. The van der Waals surface area contributed by atoms with Gasteiger partial charge in [0.1, 0.15) is 12.4 Å². The van der Waals surface area contributed by atoms with Gasteiger partial charge in [-0.2, -0.15) is 5.10 Å². The molecule has 1 saturated heterocycles. The van der Waals surface area contributed by atoms with Crippen molar-refractivity contribution < 1.29 is 9.47 Å². The molecule has 6 rings (SSSR count). The topological polar surface area (TPSA) is 51.6 Å². The lowest BCUT2D eigenvalue weighted by Crippen LogP contribution is -2.53. The number of rotatable bonds is 5. The normalized spacial score (nSPS) is 26.4. The van der Waals surface area contributed by atoms with Gasteiger partial charge in [-0.3, -0.25) is 9.58 Å². The Balaban J connectivity index is 1.36. The van der Waals surface area contributed by atoms with Crippen molar-refractivity contribution in [1.82, 2.24) is 14.7 Å². The molecular formula is C25H30N4O2. The van der Waals surface area contributed by atoms with Gasteiger partial charge >= 0.3 is 0 Å². The van der Waals surface area contributed by atoms with Gasteiger partial charge in [0, 0.05) is 36.5 Å². The summed E-state index contributed by atoms with van der Waals surface area (Å²) in [7, 11) is 1.83. The smallest absolute Gasteiger partial charge is 0.124 e. The number of hydrogen-bond acceptors (Lipinski definition) is 5. The Kier molecular flexibility index (Phi) is 4.84. The lowest BCUT2D eigenvalue weighted by atomic mass is 9.92. The summed E-state index contributed by atoms with van der Waals surface area (Å²) in [5.41, 5.74) is 3.44. The van der Waals surface area contributed by atoms with Gasteiger partial charge in [-0.15, -0.1) is 0 Å². The first-order valence-corrected chi connectivity index (χ1v) is 11.5. The predicted octanol–water partition coefficient (Wildman–Crippen LogP) is 4.40. The van der Waals surface area contributed by atoms with Crippen molar-refractivity contribution in [3.8, 4) is 5.75 Å². The van der Waals surface area contributed by atoms with Crippen LogP contribution in [0.15, 0.2) is 48.7 Å². The van der Waals surface area contributed by atoms with Crippen LogP contribution in [0.5, 0.6) is 5.75 Å². The van der Waals surface area contributed by atoms with Crippen molar-refractivity contribution in [1.29, 1.82) is 0 Å². The van der Waals surface area contributed by atoms with Crippen LogP contribution in [0.3, 0.4) is 0 Å². The second-order valence-corrected chi connectivity index (χ2v) is 9.11. The van der Waals surface area contributed by atoms with E-state index in [-0.39, 0.29) is 12.1 Å². The number of methoxy groups -OCH3 is 1. The van der Waals surface area contributed by atoms with Gasteiger partial charge in [-0.1, -0.05) is 24.3 Å². The minimum absolute atomic E-state index is 0.149. The number of nitrogens with zero attached hydrogens (tertiary/aromatic N) is 3. The van der Waals surface area contributed by atoms with E-state index in [2.05, 4.69) is 63.6 Å². The molecule has 162 valence electrons. The second kappa shape index (κ2) is 7.84. The molecule has 3 aliphatic rings. The highest BCUT2D eigenvalue weighted by Crippen LogP contribution is 2.40. The van der Waals surface area contributed by atoms with Crippen molar-refractivity contribution >= 4 is 16.6 Å². The first-order valence-electron chi connectivity index (χ1n) is 11.5. The quantitative estimate of drug-likeness (QED) is 0.666. The van der Waals surface area contributed by atoms with Gasteiger partial charge in [-0.25, -0.2) is 0 Å². The standard InChI is InChI=1S/C25H30N4O2/c1-30-18-6-5-13-28(14-18)23-16-31-24-10-3-2-7-19(24)25(23)26-21-8-4-9-22-20(21)15-29(27-22)17-11-12-17/h2-4,7-10,15,17-18,23,25-26H,5-6,11-14,16H2,1H3. The first-order chi connectivity index (χ1) is 15.3. The molecule has 3 atom stereocenters. The third-order valence-electron chi connectivity index (χ3n) is 7.06. The maximum atomic E-state index is 6.22. The molecule has 0 radical (unpaired) electrons. The van der Waals surface area contributed by atoms with Crippen molar-refractivity contribution in [3.63, 3.8) is 0 Å². The van der Waals surface area contributed by atoms with Crippen molar-refractivity contribution in [2.24, 2.45) is 0 Å². The Morgan fingerprint density at radius 1 is 1.10 bits per heavy atom. The molecule has 3 unspecified atom stereocenters. The number of nitrogens with one attached hydrogen (secondary N) is 1. The van der Waals surface area contributed by atoms with Crippen molar-refractivity contribution in [2.75, 3.05) is 32.1 Å². The van der Waals surface area contributed by atoms with Crippen LogP contribution >= 0.6 is 0 Å². The highest BCUT2D eigenvalue weighted by molar-refractivity contribution is 5.91. The number of fused-ring (bicyclic) bond motifs is 2. The molecule has 1 aromatic heterocycles. The summed E-state index contributed by atoms with van der Waals surface area (Å²) in [6, 6.07) is 15.8. The molecule has 1 aliphatic carbocycles. The van der Waals surface area contributed by atoms with Crippen LogP contribution in [0, 0.1) is 0 Å². The van der Waals surface area contributed by atoms with Gasteiger partial charge < -0.3 is 14.8 Å². The molecule has 0 amide bonds. The van der Waals surface area contributed by atoms with E-state index in [1.165, 1.54) is 23.8 Å². The van der Waals surface area contributed by atoms with Crippen LogP contribution in [-0.2, 0) is 4.74 Å². The van der Waals surface area contributed by atoms with Crippen molar-refractivity contribution in [3.05, 3.63) is 54.2 Å². The molecule has 0 spiro atoms. The fourth-order valence-electron chi connectivity index (χ4n) is 5.18. The van der Waals surface area contributed by atoms with E-state index in [4.69, 9.17) is 14.6 Å². The van der Waals surface area contributed by atoms with E-state index in [9.17, 15) is 0 Å². The van der Waals surface area contributed by atoms with Gasteiger partial charge in [0.15, 0.2) is 0 Å². The highest BCUT2D eigenvalue weighted by atomic mass is 16.5. The van der Waals surface area contributed by atoms with E-state index < -0.39 is 0 Å². The van der Waals surface area contributed by atoms with Crippen molar-refractivity contribution in [2.45, 2.75) is 49.9 Å². The molecule has 31 heavy (non-hydrogen) atoms. The maximum Gasteiger partial charge on any atom is 0.124 e. The fourth-order valence-corrected chi connectivity index (χ4v) is 5.18. The zero-order valence-corrected chi connectivity index (χ0v) is 18.0. The van der Waals surface area contributed by atoms with E-state index in [1.807, 2.05) is 7.11 Å². The van der Waals surface area contributed by atoms with Gasteiger partial charge in [0.2, 0.25) is 0 Å². The summed E-state index contributed by atoms with van der Waals surface area (Å²) in [6.07, 6.45) is 7.29. The van der Waals surface area contributed by atoms with Gasteiger partial charge in [0.25, 0.3) is 0 Å². The molecule has 2 aliphatic heterocycles. The van der Waals surface area contributed by atoms with E-state index in [0.717, 1.165) is 42.9 Å². The molecule has 6 heteroatoms. The van der Waals surface area contributed by atoms with Crippen LogP contribution in [0.2, 0.25) is 0 Å². The summed E-state index contributed by atoms with van der Waals surface area (Å²) >= 11 is 0. The average Bonchev–Trinajstić information content (AvgIpc) is 3.58. The Labute approximate surface area is 183 Å². The van der Waals surface area contributed by atoms with Crippen LogP contribution in [0.4, 0.5) is 5.69 Å². The highest BCUT2D eigenvalue weighted by Gasteiger charge is 2.37. The molecule has 2 aromatic carbocycles. The summed E-state index contributed by atoms with van der Waals surface area (Å²) in [5, 5.41) is 9.94. The van der Waals surface area contributed by atoms with E-state index in [0.29, 0.717) is 18.8 Å². The minimum atomic E-state index is 0.149. The number of benzene rings is 2. The Morgan fingerprint density at radius 2 is 2.00 bits per heavy atom. The van der Waals surface area contributed by atoms with E-state index in [1.54, 1.807) is 0 Å². The zero-order valence-electron chi connectivity index (χ0n) is 18.0. The van der Waals surface area contributed by atoms with Crippen LogP contribution in [-0.4, -0.2) is 53.6 Å². The molecule has 3 aromatic rings. The fraction of sp³-hybridized carbons (Fsp3) is 0.480. The molecule has 3 heterocycles.